The van der Waals surface area contributed by atoms with Gasteiger partial charge in [0.1, 0.15) is 5.82 Å². The van der Waals surface area contributed by atoms with E-state index in [-0.39, 0.29) is 11.9 Å². The summed E-state index contributed by atoms with van der Waals surface area (Å²) in [5.41, 5.74) is 1.46. The van der Waals surface area contributed by atoms with E-state index in [2.05, 4.69) is 15.3 Å². The zero-order valence-electron chi connectivity index (χ0n) is 11.9. The molecule has 118 valence electrons. The molecule has 1 atom stereocenters. The van der Waals surface area contributed by atoms with Gasteiger partial charge in [-0.1, -0.05) is 12.1 Å². The molecular formula is C15H17F3N4. The minimum Gasteiger partial charge on any atom is -0.314 e. The summed E-state index contributed by atoms with van der Waals surface area (Å²) in [4.78, 5) is 2.13. The van der Waals surface area contributed by atoms with Crippen molar-refractivity contribution in [2.75, 3.05) is 19.6 Å². The Hall–Kier alpha value is -1.86. The van der Waals surface area contributed by atoms with Crippen LogP contribution in [0, 0.1) is 5.82 Å². The smallest absolute Gasteiger partial charge is 0.314 e. The number of hydrogen-bond donors (Lipinski definition) is 1. The molecule has 1 N–H and O–H groups in total. The zero-order valence-corrected chi connectivity index (χ0v) is 11.9. The second-order valence-electron chi connectivity index (χ2n) is 5.31. The van der Waals surface area contributed by atoms with Crippen LogP contribution in [0.4, 0.5) is 13.2 Å². The fraction of sp³-hybridized carbons (Fsp3) is 0.400. The van der Waals surface area contributed by atoms with Gasteiger partial charge in [-0.3, -0.25) is 4.90 Å². The predicted octanol–water partition coefficient (Wildman–Crippen LogP) is 2.56. The van der Waals surface area contributed by atoms with Gasteiger partial charge < -0.3 is 5.32 Å². The fourth-order valence-electron chi connectivity index (χ4n) is 2.76. The number of piperazine rings is 1. The number of benzene rings is 1. The van der Waals surface area contributed by atoms with Gasteiger partial charge in [-0.25, -0.2) is 9.07 Å². The van der Waals surface area contributed by atoms with E-state index in [0.29, 0.717) is 23.5 Å². The van der Waals surface area contributed by atoms with E-state index in [0.717, 1.165) is 18.7 Å². The van der Waals surface area contributed by atoms with Crippen molar-refractivity contribution in [2.45, 2.75) is 19.1 Å². The largest absolute Gasteiger partial charge is 0.333 e. The van der Waals surface area contributed by atoms with Crippen molar-refractivity contribution in [3.8, 4) is 0 Å². The summed E-state index contributed by atoms with van der Waals surface area (Å²) in [5, 5.41) is 7.16. The Balaban J connectivity index is 1.77. The van der Waals surface area contributed by atoms with Gasteiger partial charge in [0, 0.05) is 38.4 Å². The zero-order chi connectivity index (χ0) is 15.5. The molecule has 1 aliphatic heterocycles. The minimum atomic E-state index is -2.63. The van der Waals surface area contributed by atoms with Crippen LogP contribution in [0.1, 0.15) is 23.8 Å². The second kappa shape index (κ2) is 6.50. The molecule has 1 saturated heterocycles. The normalized spacial score (nSPS) is 19.7. The standard InChI is InChI=1S/C15H17F3N4/c16-12-3-1-2-11(8-12)14-9-19-5-7-21(14)10-13-4-6-22(20-13)15(17)18/h1-4,6,8,14-15,19H,5,7,9-10H2. The Morgan fingerprint density at radius 3 is 2.91 bits per heavy atom. The summed E-state index contributed by atoms with van der Waals surface area (Å²) >= 11 is 0. The van der Waals surface area contributed by atoms with Gasteiger partial charge in [-0.05, 0) is 23.8 Å². The van der Waals surface area contributed by atoms with Crippen LogP contribution < -0.4 is 5.32 Å². The molecule has 0 amide bonds. The van der Waals surface area contributed by atoms with Crippen molar-refractivity contribution in [3.05, 3.63) is 53.6 Å². The lowest BCUT2D eigenvalue weighted by Gasteiger charge is -2.36. The van der Waals surface area contributed by atoms with Crippen molar-refractivity contribution in [2.24, 2.45) is 0 Å². The fourth-order valence-corrected chi connectivity index (χ4v) is 2.76. The molecule has 7 heteroatoms. The molecule has 1 aromatic heterocycles. The lowest BCUT2D eigenvalue weighted by Crippen LogP contribution is -2.45. The number of nitrogens with zero attached hydrogens (tertiary/aromatic N) is 3. The first-order chi connectivity index (χ1) is 10.6. The van der Waals surface area contributed by atoms with E-state index in [1.807, 2.05) is 6.07 Å². The number of rotatable bonds is 4. The van der Waals surface area contributed by atoms with Crippen LogP contribution >= 0.6 is 0 Å². The molecule has 1 aliphatic rings. The van der Waals surface area contributed by atoms with Gasteiger partial charge in [0.05, 0.1) is 5.69 Å². The molecule has 4 nitrogen and oxygen atoms in total. The summed E-state index contributed by atoms with van der Waals surface area (Å²) in [7, 11) is 0. The first-order valence-corrected chi connectivity index (χ1v) is 7.16. The summed E-state index contributed by atoms with van der Waals surface area (Å²) < 4.78 is 39.2. The summed E-state index contributed by atoms with van der Waals surface area (Å²) in [6, 6.07) is 8.09. The Morgan fingerprint density at radius 1 is 1.32 bits per heavy atom. The molecule has 1 fully saturated rings. The SMILES string of the molecule is Fc1cccc(C2CNCCN2Cc2ccn(C(F)F)n2)c1. The molecule has 3 rings (SSSR count). The number of hydrogen-bond acceptors (Lipinski definition) is 3. The van der Waals surface area contributed by atoms with E-state index in [4.69, 9.17) is 0 Å². The molecule has 0 spiro atoms. The van der Waals surface area contributed by atoms with Crippen molar-refractivity contribution in [1.29, 1.82) is 0 Å². The topological polar surface area (TPSA) is 33.1 Å². The van der Waals surface area contributed by atoms with E-state index in [1.54, 1.807) is 12.1 Å². The highest BCUT2D eigenvalue weighted by molar-refractivity contribution is 5.21. The van der Waals surface area contributed by atoms with Gasteiger partial charge in [0.25, 0.3) is 0 Å². The average Bonchev–Trinajstić information content (AvgIpc) is 2.97. The number of nitrogens with one attached hydrogen (secondary N) is 1. The van der Waals surface area contributed by atoms with Crippen LogP contribution in [0.3, 0.4) is 0 Å². The average molecular weight is 310 g/mol. The van der Waals surface area contributed by atoms with Gasteiger partial charge in [0.2, 0.25) is 0 Å². The Kier molecular flexibility index (Phi) is 4.44. The van der Waals surface area contributed by atoms with Crippen LogP contribution in [-0.4, -0.2) is 34.3 Å². The molecule has 0 saturated carbocycles. The van der Waals surface area contributed by atoms with Crippen molar-refractivity contribution in [3.63, 3.8) is 0 Å². The Bertz CT molecular complexity index is 629. The Morgan fingerprint density at radius 2 is 2.18 bits per heavy atom. The molecule has 1 aromatic carbocycles. The monoisotopic (exact) mass is 310 g/mol. The molecule has 0 aliphatic carbocycles. The summed E-state index contributed by atoms with van der Waals surface area (Å²) in [5.74, 6) is -0.273. The molecular weight excluding hydrogens is 293 g/mol. The highest BCUT2D eigenvalue weighted by Crippen LogP contribution is 2.24. The molecule has 2 aromatic rings. The first-order valence-electron chi connectivity index (χ1n) is 7.16. The number of alkyl halides is 2. The predicted molar refractivity (Wildman–Crippen MR) is 75.9 cm³/mol. The third-order valence-corrected chi connectivity index (χ3v) is 3.82. The van der Waals surface area contributed by atoms with Crippen LogP contribution in [-0.2, 0) is 6.54 Å². The van der Waals surface area contributed by atoms with E-state index < -0.39 is 6.55 Å². The van der Waals surface area contributed by atoms with E-state index >= 15 is 0 Å². The van der Waals surface area contributed by atoms with E-state index in [1.165, 1.54) is 18.3 Å². The quantitative estimate of drug-likeness (QED) is 0.942. The summed E-state index contributed by atoms with van der Waals surface area (Å²) in [6.45, 7) is 0.0851. The highest BCUT2D eigenvalue weighted by Gasteiger charge is 2.25. The lowest BCUT2D eigenvalue weighted by atomic mass is 10.0. The molecule has 1 unspecified atom stereocenters. The van der Waals surface area contributed by atoms with Crippen molar-refractivity contribution in [1.82, 2.24) is 20.0 Å². The number of aromatic nitrogens is 2. The maximum Gasteiger partial charge on any atom is 0.333 e. The molecule has 2 heterocycles. The van der Waals surface area contributed by atoms with Gasteiger partial charge in [-0.15, -0.1) is 0 Å². The van der Waals surface area contributed by atoms with Crippen molar-refractivity contribution < 1.29 is 13.2 Å². The van der Waals surface area contributed by atoms with Crippen LogP contribution in [0.25, 0.3) is 0 Å². The maximum atomic E-state index is 13.4. The first kappa shape index (κ1) is 15.1. The van der Waals surface area contributed by atoms with Gasteiger partial charge in [0.15, 0.2) is 0 Å². The van der Waals surface area contributed by atoms with Gasteiger partial charge >= 0.3 is 6.55 Å². The maximum absolute atomic E-state index is 13.4. The highest BCUT2D eigenvalue weighted by atomic mass is 19.3. The lowest BCUT2D eigenvalue weighted by molar-refractivity contribution is 0.0553. The van der Waals surface area contributed by atoms with Crippen molar-refractivity contribution >= 4 is 0 Å². The molecule has 22 heavy (non-hydrogen) atoms. The van der Waals surface area contributed by atoms with E-state index in [9.17, 15) is 13.2 Å². The minimum absolute atomic E-state index is 0.00106. The van der Waals surface area contributed by atoms with Crippen LogP contribution in [0.5, 0.6) is 0 Å². The van der Waals surface area contributed by atoms with Crippen LogP contribution in [0.15, 0.2) is 36.5 Å². The summed E-state index contributed by atoms with van der Waals surface area (Å²) in [6.07, 6.45) is 1.28. The Labute approximate surface area is 126 Å². The molecule has 0 bridgehead atoms. The third-order valence-electron chi connectivity index (χ3n) is 3.82. The second-order valence-corrected chi connectivity index (χ2v) is 5.31. The van der Waals surface area contributed by atoms with Crippen LogP contribution in [0.2, 0.25) is 0 Å². The third kappa shape index (κ3) is 3.31. The molecule has 0 radical (unpaired) electrons. The number of halogens is 3. The van der Waals surface area contributed by atoms with Gasteiger partial charge in [-0.2, -0.15) is 13.9 Å².